The number of carbonyl (C=O) groups is 1. The number of nitrogens with one attached hydrogen (secondary N) is 1. The van der Waals surface area contributed by atoms with Crippen LogP contribution in [-0.4, -0.2) is 32.6 Å². The third-order valence-corrected chi connectivity index (χ3v) is 2.84. The number of ether oxygens (including phenoxy) is 1. The van der Waals surface area contributed by atoms with Gasteiger partial charge >= 0.3 is 0 Å². The van der Waals surface area contributed by atoms with Gasteiger partial charge in [-0.05, 0) is 19.4 Å². The smallest absolute Gasteiger partial charge is 0.165 e. The van der Waals surface area contributed by atoms with Gasteiger partial charge in [0.1, 0.15) is 6.61 Å². The van der Waals surface area contributed by atoms with Crippen LogP contribution in [0, 0.1) is 5.41 Å². The average Bonchev–Trinajstić information content (AvgIpc) is 2.55. The van der Waals surface area contributed by atoms with Crippen LogP contribution in [0.4, 0.5) is 0 Å². The molecular weight excluding hydrogens is 166 g/mol. The van der Waals surface area contributed by atoms with Crippen molar-refractivity contribution in [2.24, 2.45) is 5.41 Å². The number of carbonyl (C=O) groups excluding carboxylic acids is 1. The predicted molar refractivity (Wildman–Crippen MR) is 51.7 cm³/mol. The van der Waals surface area contributed by atoms with Crippen LogP contribution in [0.3, 0.4) is 0 Å². The van der Waals surface area contributed by atoms with Crippen molar-refractivity contribution < 1.29 is 9.53 Å². The third kappa shape index (κ3) is 2.29. The first-order chi connectivity index (χ1) is 6.25. The molecule has 1 fully saturated rings. The van der Waals surface area contributed by atoms with Gasteiger partial charge < -0.3 is 10.1 Å². The molecule has 0 aromatic carbocycles. The van der Waals surface area contributed by atoms with Gasteiger partial charge in [0.05, 0.1) is 0 Å². The molecule has 13 heavy (non-hydrogen) atoms. The van der Waals surface area contributed by atoms with Crippen molar-refractivity contribution in [2.75, 3.05) is 26.8 Å². The van der Waals surface area contributed by atoms with Crippen LogP contribution in [0.2, 0.25) is 0 Å². The number of hydrogen-bond donors (Lipinski definition) is 1. The first-order valence-electron chi connectivity index (χ1n) is 4.98. The second-order valence-electron chi connectivity index (χ2n) is 3.81. The average molecular weight is 185 g/mol. The SMILES string of the molecule is CCCC1(C(=O)COC)CCNC1. The highest BCUT2D eigenvalue weighted by Gasteiger charge is 2.39. The van der Waals surface area contributed by atoms with Crippen molar-refractivity contribution in [2.45, 2.75) is 26.2 Å². The maximum Gasteiger partial charge on any atom is 0.165 e. The summed E-state index contributed by atoms with van der Waals surface area (Å²) in [5.74, 6) is 0.266. The lowest BCUT2D eigenvalue weighted by atomic mass is 9.79. The lowest BCUT2D eigenvalue weighted by Crippen LogP contribution is -2.35. The first kappa shape index (κ1) is 10.7. The van der Waals surface area contributed by atoms with E-state index in [1.807, 2.05) is 0 Å². The summed E-state index contributed by atoms with van der Waals surface area (Å²) in [4.78, 5) is 11.8. The molecule has 0 amide bonds. The molecule has 0 saturated carbocycles. The molecule has 1 atom stereocenters. The van der Waals surface area contributed by atoms with Gasteiger partial charge in [0.25, 0.3) is 0 Å². The lowest BCUT2D eigenvalue weighted by molar-refractivity contribution is -0.132. The maximum absolute atomic E-state index is 11.8. The summed E-state index contributed by atoms with van der Waals surface area (Å²) < 4.78 is 4.91. The van der Waals surface area contributed by atoms with Crippen LogP contribution in [-0.2, 0) is 9.53 Å². The molecule has 0 bridgehead atoms. The van der Waals surface area contributed by atoms with Gasteiger partial charge in [0, 0.05) is 19.1 Å². The molecule has 0 spiro atoms. The van der Waals surface area contributed by atoms with Gasteiger partial charge in [-0.15, -0.1) is 0 Å². The van der Waals surface area contributed by atoms with E-state index in [9.17, 15) is 4.79 Å². The van der Waals surface area contributed by atoms with Crippen molar-refractivity contribution in [3.8, 4) is 0 Å². The summed E-state index contributed by atoms with van der Waals surface area (Å²) in [6.45, 7) is 4.19. The molecule has 1 saturated heterocycles. The van der Waals surface area contributed by atoms with E-state index in [0.717, 1.165) is 32.4 Å². The Bertz CT molecular complexity index is 174. The molecule has 3 nitrogen and oxygen atoms in total. The molecule has 1 rings (SSSR count). The van der Waals surface area contributed by atoms with Crippen LogP contribution in [0.15, 0.2) is 0 Å². The van der Waals surface area contributed by atoms with Crippen LogP contribution in [0.5, 0.6) is 0 Å². The zero-order valence-corrected chi connectivity index (χ0v) is 8.56. The zero-order chi connectivity index (χ0) is 9.73. The van der Waals surface area contributed by atoms with Gasteiger partial charge in [0.2, 0.25) is 0 Å². The van der Waals surface area contributed by atoms with E-state index in [-0.39, 0.29) is 17.8 Å². The highest BCUT2D eigenvalue weighted by Crippen LogP contribution is 2.32. The Morgan fingerprint density at radius 1 is 1.62 bits per heavy atom. The van der Waals surface area contributed by atoms with Gasteiger partial charge in [0.15, 0.2) is 5.78 Å². The lowest BCUT2D eigenvalue weighted by Gasteiger charge is -2.25. The second-order valence-corrected chi connectivity index (χ2v) is 3.81. The largest absolute Gasteiger partial charge is 0.377 e. The summed E-state index contributed by atoms with van der Waals surface area (Å²) in [6, 6.07) is 0. The number of rotatable bonds is 5. The molecule has 1 aliphatic rings. The molecule has 1 heterocycles. The molecule has 1 unspecified atom stereocenters. The molecule has 1 N–H and O–H groups in total. The maximum atomic E-state index is 11.8. The third-order valence-electron chi connectivity index (χ3n) is 2.84. The highest BCUT2D eigenvalue weighted by atomic mass is 16.5. The molecular formula is C10H19NO2. The predicted octanol–water partition coefficient (Wildman–Crippen LogP) is 0.982. The minimum atomic E-state index is -0.120. The van der Waals surface area contributed by atoms with Crippen molar-refractivity contribution >= 4 is 5.78 Å². The fourth-order valence-corrected chi connectivity index (χ4v) is 2.10. The van der Waals surface area contributed by atoms with E-state index in [2.05, 4.69) is 12.2 Å². The molecule has 0 radical (unpaired) electrons. The summed E-state index contributed by atoms with van der Waals surface area (Å²) in [6.07, 6.45) is 3.03. The normalized spacial score (nSPS) is 27.8. The summed E-state index contributed by atoms with van der Waals surface area (Å²) in [7, 11) is 1.58. The minimum Gasteiger partial charge on any atom is -0.377 e. The topological polar surface area (TPSA) is 38.3 Å². The Balaban J connectivity index is 2.60. The molecule has 0 aromatic heterocycles. The van der Waals surface area contributed by atoms with Gasteiger partial charge in [-0.1, -0.05) is 13.3 Å². The monoisotopic (exact) mass is 185 g/mol. The number of Topliss-reactive ketones (excluding diaryl/α,β-unsaturated/α-hetero) is 1. The number of ketones is 1. The van der Waals surface area contributed by atoms with E-state index in [4.69, 9.17) is 4.74 Å². The van der Waals surface area contributed by atoms with Gasteiger partial charge in [-0.25, -0.2) is 0 Å². The highest BCUT2D eigenvalue weighted by molar-refractivity contribution is 5.86. The summed E-state index contributed by atoms with van der Waals surface area (Å²) >= 11 is 0. The van der Waals surface area contributed by atoms with Gasteiger partial charge in [-0.3, -0.25) is 4.79 Å². The number of hydrogen-bond acceptors (Lipinski definition) is 3. The molecule has 76 valence electrons. The number of methoxy groups -OCH3 is 1. The van der Waals surface area contributed by atoms with Crippen LogP contribution >= 0.6 is 0 Å². The Morgan fingerprint density at radius 2 is 2.38 bits per heavy atom. The summed E-state index contributed by atoms with van der Waals surface area (Å²) in [5.41, 5.74) is -0.120. The Hall–Kier alpha value is -0.410. The van der Waals surface area contributed by atoms with E-state index < -0.39 is 0 Å². The molecule has 0 aromatic rings. The van der Waals surface area contributed by atoms with Crippen molar-refractivity contribution in [3.63, 3.8) is 0 Å². The Kier molecular flexibility index (Phi) is 3.88. The minimum absolute atomic E-state index is 0.120. The van der Waals surface area contributed by atoms with E-state index in [1.54, 1.807) is 7.11 Å². The summed E-state index contributed by atoms with van der Waals surface area (Å²) in [5, 5.41) is 3.26. The Labute approximate surface area is 79.8 Å². The van der Waals surface area contributed by atoms with Gasteiger partial charge in [-0.2, -0.15) is 0 Å². The fraction of sp³-hybridized carbons (Fsp3) is 0.900. The molecule has 1 aliphatic heterocycles. The zero-order valence-electron chi connectivity index (χ0n) is 8.56. The van der Waals surface area contributed by atoms with Crippen LogP contribution < -0.4 is 5.32 Å². The first-order valence-corrected chi connectivity index (χ1v) is 4.98. The van der Waals surface area contributed by atoms with Crippen molar-refractivity contribution in [3.05, 3.63) is 0 Å². The van der Waals surface area contributed by atoms with E-state index >= 15 is 0 Å². The standard InChI is InChI=1S/C10H19NO2/c1-3-4-10(5-6-11-8-10)9(12)7-13-2/h11H,3-8H2,1-2H3. The van der Waals surface area contributed by atoms with E-state index in [0.29, 0.717) is 0 Å². The van der Waals surface area contributed by atoms with Crippen LogP contribution in [0.25, 0.3) is 0 Å². The van der Waals surface area contributed by atoms with Crippen LogP contribution in [0.1, 0.15) is 26.2 Å². The molecule has 0 aliphatic carbocycles. The fourth-order valence-electron chi connectivity index (χ4n) is 2.10. The van der Waals surface area contributed by atoms with E-state index in [1.165, 1.54) is 0 Å². The Morgan fingerprint density at radius 3 is 2.85 bits per heavy atom. The quantitative estimate of drug-likeness (QED) is 0.694. The second kappa shape index (κ2) is 4.72. The molecule has 3 heteroatoms. The van der Waals surface area contributed by atoms with Crippen molar-refractivity contribution in [1.82, 2.24) is 5.32 Å². The van der Waals surface area contributed by atoms with Crippen molar-refractivity contribution in [1.29, 1.82) is 0 Å².